The maximum absolute atomic E-state index is 5.39. The molecule has 0 radical (unpaired) electrons. The monoisotopic (exact) mass is 277 g/mol. The third-order valence-electron chi connectivity index (χ3n) is 3.59. The lowest BCUT2D eigenvalue weighted by molar-refractivity contribution is 0.489. The molecule has 102 valence electrons. The third-order valence-corrected chi connectivity index (χ3v) is 4.84. The summed E-state index contributed by atoms with van der Waals surface area (Å²) in [4.78, 5) is 8.42. The van der Waals surface area contributed by atoms with E-state index in [4.69, 9.17) is 9.40 Å². The van der Waals surface area contributed by atoms with Crippen LogP contribution in [0.4, 0.5) is 5.13 Å². The molecule has 0 aromatic carbocycles. The zero-order valence-electron chi connectivity index (χ0n) is 11.3. The SMILES string of the molecule is CNC1CCCc2sc(N(C)Cc3ccco3)nc21. The quantitative estimate of drug-likeness (QED) is 0.933. The van der Waals surface area contributed by atoms with E-state index in [9.17, 15) is 0 Å². The normalized spacial score (nSPS) is 18.3. The molecule has 0 saturated carbocycles. The van der Waals surface area contributed by atoms with Crippen LogP contribution in [0.1, 0.15) is 35.2 Å². The average molecular weight is 277 g/mol. The van der Waals surface area contributed by atoms with Crippen molar-refractivity contribution in [1.29, 1.82) is 0 Å². The molecular formula is C14H19N3OS. The molecule has 19 heavy (non-hydrogen) atoms. The summed E-state index contributed by atoms with van der Waals surface area (Å²) in [6.07, 6.45) is 5.32. The van der Waals surface area contributed by atoms with E-state index >= 15 is 0 Å². The first-order valence-corrected chi connectivity index (χ1v) is 7.50. The van der Waals surface area contributed by atoms with Crippen molar-refractivity contribution in [2.75, 3.05) is 19.0 Å². The number of aromatic nitrogens is 1. The Morgan fingerprint density at radius 1 is 1.58 bits per heavy atom. The number of hydrogen-bond acceptors (Lipinski definition) is 5. The number of hydrogen-bond donors (Lipinski definition) is 1. The fraction of sp³-hybridized carbons (Fsp3) is 0.500. The van der Waals surface area contributed by atoms with Crippen molar-refractivity contribution in [3.8, 4) is 0 Å². The number of fused-ring (bicyclic) bond motifs is 1. The van der Waals surface area contributed by atoms with Gasteiger partial charge in [0.05, 0.1) is 24.5 Å². The van der Waals surface area contributed by atoms with Gasteiger partial charge >= 0.3 is 0 Å². The van der Waals surface area contributed by atoms with Gasteiger partial charge in [0, 0.05) is 11.9 Å². The Labute approximate surface area is 117 Å². The summed E-state index contributed by atoms with van der Waals surface area (Å²) < 4.78 is 5.39. The molecule has 4 nitrogen and oxygen atoms in total. The molecule has 1 N–H and O–H groups in total. The zero-order valence-corrected chi connectivity index (χ0v) is 12.2. The van der Waals surface area contributed by atoms with Crippen LogP contribution < -0.4 is 10.2 Å². The molecular weight excluding hydrogens is 258 g/mol. The number of aryl methyl sites for hydroxylation is 1. The smallest absolute Gasteiger partial charge is 0.185 e. The van der Waals surface area contributed by atoms with Gasteiger partial charge < -0.3 is 14.6 Å². The third kappa shape index (κ3) is 2.53. The highest BCUT2D eigenvalue weighted by Crippen LogP contribution is 2.36. The van der Waals surface area contributed by atoms with Gasteiger partial charge in [-0.2, -0.15) is 0 Å². The largest absolute Gasteiger partial charge is 0.467 e. The van der Waals surface area contributed by atoms with Gasteiger partial charge in [0.25, 0.3) is 0 Å². The zero-order chi connectivity index (χ0) is 13.2. The van der Waals surface area contributed by atoms with Crippen LogP contribution in [-0.4, -0.2) is 19.1 Å². The molecule has 1 atom stereocenters. The summed E-state index contributed by atoms with van der Waals surface area (Å²) in [7, 11) is 4.09. The molecule has 1 aliphatic rings. The first kappa shape index (κ1) is 12.7. The molecule has 2 aromatic rings. The fourth-order valence-corrected chi connectivity index (χ4v) is 3.68. The Kier molecular flexibility index (Phi) is 3.57. The highest BCUT2D eigenvalue weighted by Gasteiger charge is 2.24. The molecule has 1 unspecified atom stereocenters. The number of thiazole rings is 1. The Bertz CT molecular complexity index is 535. The first-order valence-electron chi connectivity index (χ1n) is 6.68. The molecule has 0 amide bonds. The average Bonchev–Trinajstić information content (AvgIpc) is 3.06. The van der Waals surface area contributed by atoms with Crippen LogP contribution in [0.15, 0.2) is 22.8 Å². The molecule has 1 aliphatic carbocycles. The molecule has 0 saturated heterocycles. The number of furan rings is 1. The van der Waals surface area contributed by atoms with Gasteiger partial charge in [0.1, 0.15) is 5.76 Å². The summed E-state index contributed by atoms with van der Waals surface area (Å²) >= 11 is 1.82. The molecule has 0 spiro atoms. The highest BCUT2D eigenvalue weighted by molar-refractivity contribution is 7.15. The van der Waals surface area contributed by atoms with E-state index in [-0.39, 0.29) is 0 Å². The standard InChI is InChI=1S/C14H19N3OS/c1-15-11-6-3-7-12-13(11)16-14(19-12)17(2)9-10-5-4-8-18-10/h4-5,8,11,15H,3,6-7,9H2,1-2H3. The Balaban J connectivity index is 1.80. The second kappa shape index (κ2) is 5.35. The number of nitrogens with zero attached hydrogens (tertiary/aromatic N) is 2. The van der Waals surface area contributed by atoms with Crippen LogP contribution >= 0.6 is 11.3 Å². The van der Waals surface area contributed by atoms with Crippen molar-refractivity contribution in [3.05, 3.63) is 34.7 Å². The number of nitrogens with one attached hydrogen (secondary N) is 1. The van der Waals surface area contributed by atoms with E-state index < -0.39 is 0 Å². The van der Waals surface area contributed by atoms with E-state index in [0.29, 0.717) is 6.04 Å². The van der Waals surface area contributed by atoms with Gasteiger partial charge in [-0.3, -0.25) is 0 Å². The maximum Gasteiger partial charge on any atom is 0.185 e. The topological polar surface area (TPSA) is 41.3 Å². The number of anilines is 1. The summed E-state index contributed by atoms with van der Waals surface area (Å²) in [5.74, 6) is 0.973. The van der Waals surface area contributed by atoms with Crippen LogP contribution in [0.3, 0.4) is 0 Å². The summed E-state index contributed by atoms with van der Waals surface area (Å²) in [5, 5.41) is 4.45. The van der Waals surface area contributed by atoms with E-state index in [2.05, 4.69) is 17.3 Å². The lowest BCUT2D eigenvalue weighted by atomic mass is 9.98. The summed E-state index contributed by atoms with van der Waals surface area (Å²) in [6.45, 7) is 0.767. The molecule has 5 heteroatoms. The van der Waals surface area contributed by atoms with Crippen LogP contribution in [0.2, 0.25) is 0 Å². The van der Waals surface area contributed by atoms with Crippen LogP contribution in [0.5, 0.6) is 0 Å². The first-order chi connectivity index (χ1) is 9.28. The van der Waals surface area contributed by atoms with Gasteiger partial charge in [-0.15, -0.1) is 11.3 Å². The van der Waals surface area contributed by atoms with Crippen molar-refractivity contribution < 1.29 is 4.42 Å². The molecule has 0 aliphatic heterocycles. The van der Waals surface area contributed by atoms with Gasteiger partial charge in [-0.1, -0.05) is 0 Å². The molecule has 0 fully saturated rings. The minimum absolute atomic E-state index is 0.422. The van der Waals surface area contributed by atoms with Crippen molar-refractivity contribution in [2.24, 2.45) is 0 Å². The van der Waals surface area contributed by atoms with Crippen LogP contribution in [0.25, 0.3) is 0 Å². The Morgan fingerprint density at radius 2 is 2.47 bits per heavy atom. The Morgan fingerprint density at radius 3 is 3.21 bits per heavy atom. The second-order valence-corrected chi connectivity index (χ2v) is 6.04. The molecule has 2 heterocycles. The fourth-order valence-electron chi connectivity index (χ4n) is 2.55. The minimum Gasteiger partial charge on any atom is -0.467 e. The van der Waals surface area contributed by atoms with Gasteiger partial charge in [-0.25, -0.2) is 4.98 Å². The molecule has 3 rings (SSSR count). The van der Waals surface area contributed by atoms with E-state index in [1.54, 1.807) is 6.26 Å². The van der Waals surface area contributed by atoms with E-state index in [1.165, 1.54) is 29.8 Å². The molecule has 0 bridgehead atoms. The van der Waals surface area contributed by atoms with Crippen molar-refractivity contribution in [1.82, 2.24) is 10.3 Å². The predicted molar refractivity (Wildman–Crippen MR) is 77.7 cm³/mol. The van der Waals surface area contributed by atoms with Crippen LogP contribution in [0, 0.1) is 0 Å². The summed E-state index contributed by atoms with van der Waals surface area (Å²) in [5.41, 5.74) is 1.25. The number of rotatable bonds is 4. The van der Waals surface area contributed by atoms with Crippen LogP contribution in [-0.2, 0) is 13.0 Å². The van der Waals surface area contributed by atoms with E-state index in [0.717, 1.165) is 17.4 Å². The lowest BCUT2D eigenvalue weighted by Crippen LogP contribution is -2.21. The molecule has 2 aromatic heterocycles. The lowest BCUT2D eigenvalue weighted by Gasteiger charge is -2.19. The second-order valence-electron chi connectivity index (χ2n) is 4.97. The minimum atomic E-state index is 0.422. The maximum atomic E-state index is 5.39. The predicted octanol–water partition coefficient (Wildman–Crippen LogP) is 2.97. The van der Waals surface area contributed by atoms with Gasteiger partial charge in [-0.05, 0) is 38.4 Å². The van der Waals surface area contributed by atoms with E-state index in [1.807, 2.05) is 30.5 Å². The van der Waals surface area contributed by atoms with Crippen molar-refractivity contribution >= 4 is 16.5 Å². The highest BCUT2D eigenvalue weighted by atomic mass is 32.1. The van der Waals surface area contributed by atoms with Crippen molar-refractivity contribution in [3.63, 3.8) is 0 Å². The van der Waals surface area contributed by atoms with Crippen molar-refractivity contribution in [2.45, 2.75) is 31.8 Å². The Hall–Kier alpha value is -1.33. The van der Waals surface area contributed by atoms with Gasteiger partial charge in [0.15, 0.2) is 5.13 Å². The van der Waals surface area contributed by atoms with Gasteiger partial charge in [0.2, 0.25) is 0 Å². The summed E-state index contributed by atoms with van der Waals surface area (Å²) in [6, 6.07) is 4.35.